The molecule has 2 aliphatic rings. The normalized spacial score (nSPS) is 18.9. The molecule has 0 saturated heterocycles. The van der Waals surface area contributed by atoms with E-state index in [1.54, 1.807) is 17.2 Å². The number of hydrogen-bond acceptors (Lipinski definition) is 5. The molecule has 3 heterocycles. The number of para-hydroxylation sites is 2. The third kappa shape index (κ3) is 1.98. The van der Waals surface area contributed by atoms with Gasteiger partial charge >= 0.3 is 0 Å². The minimum atomic E-state index is -0.618. The minimum absolute atomic E-state index is 0.0475. The van der Waals surface area contributed by atoms with Gasteiger partial charge in [0.2, 0.25) is 5.82 Å². The molecule has 7 nitrogen and oxygen atoms in total. The van der Waals surface area contributed by atoms with Gasteiger partial charge in [-0.15, -0.1) is 5.10 Å². The second kappa shape index (κ2) is 4.80. The lowest BCUT2D eigenvalue weighted by Gasteiger charge is -2.11. The molecule has 7 heteroatoms. The van der Waals surface area contributed by atoms with Crippen molar-refractivity contribution in [2.75, 3.05) is 0 Å². The van der Waals surface area contributed by atoms with Crippen molar-refractivity contribution >= 4 is 17.8 Å². The number of aryl methyl sites for hydroxylation is 1. The van der Waals surface area contributed by atoms with Crippen LogP contribution in [0, 0.1) is 0 Å². The zero-order chi connectivity index (χ0) is 15.1. The maximum Gasteiger partial charge on any atom is 0.288 e. The van der Waals surface area contributed by atoms with Gasteiger partial charge in [0, 0.05) is 18.2 Å². The molecule has 4 rings (SSSR count). The second-order valence-corrected chi connectivity index (χ2v) is 5.18. The molecule has 1 atom stereocenters. The molecule has 2 aromatic rings. The van der Waals surface area contributed by atoms with Gasteiger partial charge in [-0.1, -0.05) is 12.1 Å². The lowest BCUT2D eigenvalue weighted by Crippen LogP contribution is -2.16. The molecule has 1 unspecified atom stereocenters. The first kappa shape index (κ1) is 12.8. The molecular formula is C15H13N5O2. The number of hydrogen-bond donors (Lipinski definition) is 1. The maximum atomic E-state index is 11.2. The Balaban J connectivity index is 1.68. The number of benzene rings is 1. The number of nitrogens with two attached hydrogens (primary N) is 1. The number of aromatic nitrogens is 3. The largest absolute Gasteiger partial charge is 0.462 e. The van der Waals surface area contributed by atoms with Gasteiger partial charge in [-0.2, -0.15) is 0 Å². The van der Waals surface area contributed by atoms with Crippen LogP contribution in [0.15, 0.2) is 41.1 Å². The van der Waals surface area contributed by atoms with Crippen LogP contribution in [0.5, 0.6) is 5.75 Å². The molecule has 0 bridgehead atoms. The van der Waals surface area contributed by atoms with Crippen molar-refractivity contribution in [2.24, 2.45) is 10.7 Å². The topological polar surface area (TPSA) is 95.4 Å². The van der Waals surface area contributed by atoms with E-state index in [1.807, 2.05) is 24.3 Å². The molecule has 110 valence electrons. The summed E-state index contributed by atoms with van der Waals surface area (Å²) in [5, 5.41) is 4.20. The Morgan fingerprint density at radius 2 is 2.23 bits per heavy atom. The summed E-state index contributed by atoms with van der Waals surface area (Å²) in [6.07, 6.45) is 5.03. The molecule has 1 amide bonds. The Morgan fingerprint density at radius 1 is 1.36 bits per heavy atom. The van der Waals surface area contributed by atoms with Crippen molar-refractivity contribution < 1.29 is 9.53 Å². The number of amides is 1. The van der Waals surface area contributed by atoms with Gasteiger partial charge in [0.15, 0.2) is 5.75 Å². The molecule has 1 aromatic carbocycles. The van der Waals surface area contributed by atoms with Gasteiger partial charge in [0.1, 0.15) is 11.5 Å². The van der Waals surface area contributed by atoms with Crippen LogP contribution in [0.4, 0.5) is 5.69 Å². The minimum Gasteiger partial charge on any atom is -0.462 e. The third-order valence-electron chi connectivity index (χ3n) is 3.78. The zero-order valence-corrected chi connectivity index (χ0v) is 11.6. The number of primary amides is 1. The zero-order valence-electron chi connectivity index (χ0n) is 11.6. The Bertz CT molecular complexity index is 821. The summed E-state index contributed by atoms with van der Waals surface area (Å²) in [6.45, 7) is 0. The van der Waals surface area contributed by atoms with Crippen LogP contribution in [-0.2, 0) is 6.42 Å². The monoisotopic (exact) mass is 295 g/mol. The van der Waals surface area contributed by atoms with Crippen LogP contribution < -0.4 is 10.5 Å². The van der Waals surface area contributed by atoms with E-state index in [-0.39, 0.29) is 11.9 Å². The fraction of sp³-hybridized carbons (Fsp3) is 0.200. The molecule has 0 fully saturated rings. The smallest absolute Gasteiger partial charge is 0.288 e. The summed E-state index contributed by atoms with van der Waals surface area (Å²) in [7, 11) is 0. The van der Waals surface area contributed by atoms with Crippen LogP contribution in [0.25, 0.3) is 0 Å². The van der Waals surface area contributed by atoms with Gasteiger partial charge in [-0.3, -0.25) is 9.79 Å². The molecule has 22 heavy (non-hydrogen) atoms. The summed E-state index contributed by atoms with van der Waals surface area (Å²) in [6, 6.07) is 7.52. The van der Waals surface area contributed by atoms with E-state index in [0.717, 1.165) is 29.9 Å². The fourth-order valence-corrected chi connectivity index (χ4v) is 2.71. The van der Waals surface area contributed by atoms with Crippen LogP contribution in [0.3, 0.4) is 0 Å². The summed E-state index contributed by atoms with van der Waals surface area (Å²) in [5.41, 5.74) is 6.90. The summed E-state index contributed by atoms with van der Waals surface area (Å²) in [4.78, 5) is 19.8. The Hall–Kier alpha value is -2.96. The average Bonchev–Trinajstić information content (AvgIpc) is 3.03. The molecule has 0 aliphatic carbocycles. The standard InChI is InChI=1S/C15H13N5O2/c16-14(21)15-18-13-6-5-11(20(13)19-15)9-7-17-10-3-1-2-4-12(10)22-8-9/h1-4,7-8,11H,5-6H2,(H2,16,21). The lowest BCUT2D eigenvalue weighted by atomic mass is 10.1. The van der Waals surface area contributed by atoms with Gasteiger partial charge in [0.05, 0.1) is 12.3 Å². The van der Waals surface area contributed by atoms with Crippen molar-refractivity contribution in [3.05, 3.63) is 47.7 Å². The highest BCUT2D eigenvalue weighted by Gasteiger charge is 2.29. The first-order chi connectivity index (χ1) is 10.7. The summed E-state index contributed by atoms with van der Waals surface area (Å²) in [5.74, 6) is 0.904. The van der Waals surface area contributed by atoms with E-state index >= 15 is 0 Å². The summed E-state index contributed by atoms with van der Waals surface area (Å²) >= 11 is 0. The van der Waals surface area contributed by atoms with Crippen LogP contribution in [-0.4, -0.2) is 26.9 Å². The highest BCUT2D eigenvalue weighted by molar-refractivity contribution is 5.88. The average molecular weight is 295 g/mol. The van der Waals surface area contributed by atoms with E-state index in [2.05, 4.69) is 15.1 Å². The molecule has 0 saturated carbocycles. The predicted octanol–water partition coefficient (Wildman–Crippen LogP) is 1.54. The van der Waals surface area contributed by atoms with E-state index < -0.39 is 5.91 Å². The van der Waals surface area contributed by atoms with Gasteiger partial charge in [-0.05, 0) is 18.6 Å². The fourth-order valence-electron chi connectivity index (χ4n) is 2.71. The number of rotatable bonds is 2. The van der Waals surface area contributed by atoms with E-state index in [9.17, 15) is 4.79 Å². The van der Waals surface area contributed by atoms with Crippen molar-refractivity contribution in [1.29, 1.82) is 0 Å². The first-order valence-electron chi connectivity index (χ1n) is 6.97. The van der Waals surface area contributed by atoms with Crippen molar-refractivity contribution in [1.82, 2.24) is 14.8 Å². The SMILES string of the molecule is NC(=O)c1nc2n(n1)C(C1=COc3ccccc3N=C1)CC2. The number of fused-ring (bicyclic) bond motifs is 2. The van der Waals surface area contributed by atoms with E-state index in [1.165, 1.54) is 0 Å². The lowest BCUT2D eigenvalue weighted by molar-refractivity contribution is 0.0990. The molecule has 0 spiro atoms. The number of aliphatic imine (C=N–C) groups is 1. The predicted molar refractivity (Wildman–Crippen MR) is 79.2 cm³/mol. The highest BCUT2D eigenvalue weighted by atomic mass is 16.5. The molecule has 2 aliphatic heterocycles. The number of carbonyl (C=O) groups excluding carboxylic acids is 1. The van der Waals surface area contributed by atoms with E-state index in [0.29, 0.717) is 5.75 Å². The maximum absolute atomic E-state index is 11.2. The number of ether oxygens (including phenoxy) is 1. The molecule has 2 N–H and O–H groups in total. The number of nitrogens with zero attached hydrogens (tertiary/aromatic N) is 4. The van der Waals surface area contributed by atoms with Crippen molar-refractivity contribution in [2.45, 2.75) is 18.9 Å². The van der Waals surface area contributed by atoms with Crippen LogP contribution in [0.2, 0.25) is 0 Å². The number of carbonyl (C=O) groups is 1. The Morgan fingerprint density at radius 3 is 3.09 bits per heavy atom. The highest BCUT2D eigenvalue weighted by Crippen LogP contribution is 2.34. The summed E-state index contributed by atoms with van der Waals surface area (Å²) < 4.78 is 7.44. The third-order valence-corrected chi connectivity index (χ3v) is 3.78. The number of allylic oxidation sites excluding steroid dienone is 1. The van der Waals surface area contributed by atoms with Crippen LogP contribution in [0.1, 0.15) is 28.9 Å². The van der Waals surface area contributed by atoms with Gasteiger partial charge in [0.25, 0.3) is 5.91 Å². The molecule has 0 radical (unpaired) electrons. The first-order valence-corrected chi connectivity index (χ1v) is 6.97. The van der Waals surface area contributed by atoms with Crippen LogP contribution >= 0.6 is 0 Å². The van der Waals surface area contributed by atoms with Gasteiger partial charge in [-0.25, -0.2) is 9.67 Å². The Labute approximate surface area is 126 Å². The van der Waals surface area contributed by atoms with Crippen molar-refractivity contribution in [3.8, 4) is 5.75 Å². The Kier molecular flexibility index (Phi) is 2.78. The van der Waals surface area contributed by atoms with Gasteiger partial charge < -0.3 is 10.5 Å². The van der Waals surface area contributed by atoms with E-state index in [4.69, 9.17) is 10.5 Å². The molecular weight excluding hydrogens is 282 g/mol. The quantitative estimate of drug-likeness (QED) is 0.909. The van der Waals surface area contributed by atoms with Crippen molar-refractivity contribution in [3.63, 3.8) is 0 Å². The second-order valence-electron chi connectivity index (χ2n) is 5.18. The molecule has 1 aromatic heterocycles.